The van der Waals surface area contributed by atoms with Crippen molar-refractivity contribution < 1.29 is 22.7 Å². The Morgan fingerprint density at radius 1 is 1.20 bits per heavy atom. The van der Waals surface area contributed by atoms with Gasteiger partial charge in [-0.2, -0.15) is 23.3 Å². The predicted octanol–water partition coefficient (Wildman–Crippen LogP) is 4.46. The largest absolute Gasteiger partial charge is 0.497 e. The summed E-state index contributed by atoms with van der Waals surface area (Å²) in [6, 6.07) is 14.0. The Morgan fingerprint density at radius 2 is 1.93 bits per heavy atom. The number of ether oxygens (including phenoxy) is 1. The van der Waals surface area contributed by atoms with Crippen molar-refractivity contribution in [1.29, 1.82) is 0 Å². The zero-order valence-corrected chi connectivity index (χ0v) is 16.4. The molecule has 0 N–H and O–H groups in total. The minimum Gasteiger partial charge on any atom is -0.497 e. The molecule has 154 valence electrons. The van der Waals surface area contributed by atoms with Crippen LogP contribution in [0.15, 0.2) is 58.6 Å². The van der Waals surface area contributed by atoms with Crippen LogP contribution >= 0.6 is 11.3 Å². The number of methoxy groups -OCH3 is 1. The zero-order chi connectivity index (χ0) is 21.3. The van der Waals surface area contributed by atoms with Crippen molar-refractivity contribution in [3.05, 3.63) is 54.1 Å². The minimum absolute atomic E-state index is 0.0917. The molecule has 1 unspecified atom stereocenters. The fourth-order valence-electron chi connectivity index (χ4n) is 2.92. The highest BCUT2D eigenvalue weighted by atomic mass is 32.1. The van der Waals surface area contributed by atoms with E-state index in [2.05, 4.69) is 15.1 Å². The number of thiazole rings is 1. The van der Waals surface area contributed by atoms with Crippen LogP contribution in [0.5, 0.6) is 5.75 Å². The lowest BCUT2D eigenvalue weighted by atomic mass is 10.0. The first kappa shape index (κ1) is 20.0. The van der Waals surface area contributed by atoms with Gasteiger partial charge in [-0.1, -0.05) is 35.6 Å². The molecule has 1 aliphatic rings. The fourth-order valence-corrected chi connectivity index (χ4v) is 3.84. The van der Waals surface area contributed by atoms with Gasteiger partial charge >= 0.3 is 6.18 Å². The van der Waals surface area contributed by atoms with Gasteiger partial charge < -0.3 is 4.74 Å². The summed E-state index contributed by atoms with van der Waals surface area (Å²) < 4.78 is 46.3. The molecule has 1 aromatic heterocycles. The molecule has 0 saturated carbocycles. The summed E-state index contributed by atoms with van der Waals surface area (Å²) >= 11 is 1.10. The number of fused-ring (bicyclic) bond motifs is 1. The van der Waals surface area contributed by atoms with Gasteiger partial charge in [0, 0.05) is 6.21 Å². The van der Waals surface area contributed by atoms with Gasteiger partial charge in [-0.05, 0) is 29.8 Å². The fraction of sp³-hybridized carbons (Fsp3) is 0.200. The molecule has 0 saturated heterocycles. The van der Waals surface area contributed by atoms with Gasteiger partial charge in [-0.15, -0.1) is 0 Å². The first-order valence-corrected chi connectivity index (χ1v) is 9.66. The number of alkyl halides is 3. The Kier molecular flexibility index (Phi) is 5.25. The van der Waals surface area contributed by atoms with E-state index in [4.69, 9.17) is 4.74 Å². The summed E-state index contributed by atoms with van der Waals surface area (Å²) in [5.74, 6) is -1.79. The molecule has 0 radical (unpaired) electrons. The number of hydrogen-bond acceptors (Lipinski definition) is 6. The summed E-state index contributed by atoms with van der Waals surface area (Å²) in [6.45, 7) is 0.125. The summed E-state index contributed by atoms with van der Waals surface area (Å²) in [4.78, 5) is 21.0. The van der Waals surface area contributed by atoms with Gasteiger partial charge in [-0.25, -0.2) is 4.98 Å². The monoisotopic (exact) mass is 432 g/mol. The third-order valence-corrected chi connectivity index (χ3v) is 5.43. The molecule has 2 aromatic carbocycles. The molecule has 1 atom stereocenters. The number of benzene rings is 2. The molecule has 1 aliphatic heterocycles. The standard InChI is InChI=1S/C20H15F3N4O2S/c1-29-13-8-6-12(7-9-13)10-24-11-14-17(20(21,22)23)26-27(18(14)28)19-25-15-4-2-3-5-16(15)30-19/h2-9,11,14H,10H2,1H3. The van der Waals surface area contributed by atoms with Crippen molar-refractivity contribution in [3.63, 3.8) is 0 Å². The Morgan fingerprint density at radius 3 is 2.60 bits per heavy atom. The third kappa shape index (κ3) is 3.90. The topological polar surface area (TPSA) is 67.2 Å². The van der Waals surface area contributed by atoms with Crippen molar-refractivity contribution in [3.8, 4) is 5.75 Å². The second kappa shape index (κ2) is 7.86. The number of nitrogens with zero attached hydrogens (tertiary/aromatic N) is 4. The molecule has 10 heteroatoms. The maximum atomic E-state index is 13.5. The zero-order valence-electron chi connectivity index (χ0n) is 15.6. The van der Waals surface area contributed by atoms with E-state index in [1.54, 1.807) is 48.5 Å². The lowest BCUT2D eigenvalue weighted by molar-refractivity contribution is -0.119. The molecule has 4 rings (SSSR count). The Hall–Kier alpha value is -3.27. The van der Waals surface area contributed by atoms with E-state index in [-0.39, 0.29) is 11.7 Å². The van der Waals surface area contributed by atoms with E-state index in [0.29, 0.717) is 11.3 Å². The van der Waals surface area contributed by atoms with Crippen LogP contribution in [0.25, 0.3) is 10.2 Å². The number of halogens is 3. The minimum atomic E-state index is -4.77. The second-order valence-corrected chi connectivity index (χ2v) is 7.42. The van der Waals surface area contributed by atoms with E-state index in [1.807, 2.05) is 0 Å². The predicted molar refractivity (Wildman–Crippen MR) is 109 cm³/mol. The van der Waals surface area contributed by atoms with Gasteiger partial charge in [0.1, 0.15) is 11.7 Å². The molecule has 0 bridgehead atoms. The van der Waals surface area contributed by atoms with Gasteiger partial charge in [0.15, 0.2) is 5.71 Å². The maximum absolute atomic E-state index is 13.5. The first-order chi connectivity index (χ1) is 14.4. The van der Waals surface area contributed by atoms with Crippen LogP contribution in [-0.2, 0) is 11.3 Å². The molecule has 0 spiro atoms. The smallest absolute Gasteiger partial charge is 0.432 e. The Bertz CT molecular complexity index is 1110. The summed E-state index contributed by atoms with van der Waals surface area (Å²) in [5, 5.41) is 4.36. The molecular formula is C20H15F3N4O2S. The molecule has 0 fully saturated rings. The number of carbonyl (C=O) groups excluding carboxylic acids is 1. The average molecular weight is 432 g/mol. The average Bonchev–Trinajstić information content (AvgIpc) is 3.29. The Balaban J connectivity index is 1.58. The van der Waals surface area contributed by atoms with E-state index in [9.17, 15) is 18.0 Å². The highest BCUT2D eigenvalue weighted by molar-refractivity contribution is 7.22. The number of hydrogen-bond donors (Lipinski definition) is 0. The molecular weight excluding hydrogens is 417 g/mol. The number of carbonyl (C=O) groups is 1. The summed E-state index contributed by atoms with van der Waals surface area (Å²) in [6.07, 6.45) is -3.76. The maximum Gasteiger partial charge on any atom is 0.432 e. The van der Waals surface area contributed by atoms with Crippen molar-refractivity contribution in [2.75, 3.05) is 12.1 Å². The van der Waals surface area contributed by atoms with Crippen LogP contribution in [0.4, 0.5) is 18.3 Å². The number of hydrazone groups is 1. The quantitative estimate of drug-likeness (QED) is 0.559. The molecule has 3 aromatic rings. The number of para-hydroxylation sites is 1. The van der Waals surface area contributed by atoms with Gasteiger partial charge in [0.25, 0.3) is 5.91 Å². The molecule has 30 heavy (non-hydrogen) atoms. The van der Waals surface area contributed by atoms with Gasteiger partial charge in [0.2, 0.25) is 5.13 Å². The van der Waals surface area contributed by atoms with Crippen molar-refractivity contribution >= 4 is 44.5 Å². The van der Waals surface area contributed by atoms with E-state index in [0.717, 1.165) is 32.8 Å². The van der Waals surface area contributed by atoms with Gasteiger partial charge in [0.05, 0.1) is 23.9 Å². The Labute approximate surface area is 173 Å². The SMILES string of the molecule is COc1ccc(CN=CC2C(=O)N(c3nc4ccccc4s3)N=C2C(F)(F)F)cc1. The van der Waals surface area contributed by atoms with Crippen LogP contribution in [0.3, 0.4) is 0 Å². The van der Waals surface area contributed by atoms with Crippen LogP contribution in [0, 0.1) is 5.92 Å². The number of aromatic nitrogens is 1. The van der Waals surface area contributed by atoms with Crippen LogP contribution in [0.1, 0.15) is 5.56 Å². The molecule has 6 nitrogen and oxygen atoms in total. The molecule has 0 aliphatic carbocycles. The number of rotatable bonds is 5. The summed E-state index contributed by atoms with van der Waals surface area (Å²) in [5.41, 5.74) is 0.155. The lowest BCUT2D eigenvalue weighted by Crippen LogP contribution is -2.34. The molecule has 2 heterocycles. The number of anilines is 1. The van der Waals surface area contributed by atoms with Gasteiger partial charge in [-0.3, -0.25) is 9.79 Å². The summed E-state index contributed by atoms with van der Waals surface area (Å²) in [7, 11) is 1.54. The third-order valence-electron chi connectivity index (χ3n) is 4.42. The van der Waals surface area contributed by atoms with E-state index >= 15 is 0 Å². The molecule has 1 amide bonds. The normalized spacial score (nSPS) is 17.2. The van der Waals surface area contributed by atoms with Crippen molar-refractivity contribution in [2.24, 2.45) is 16.0 Å². The first-order valence-electron chi connectivity index (χ1n) is 8.85. The highest BCUT2D eigenvalue weighted by Gasteiger charge is 2.50. The van der Waals surface area contributed by atoms with Crippen LogP contribution in [0.2, 0.25) is 0 Å². The van der Waals surface area contributed by atoms with E-state index in [1.165, 1.54) is 7.11 Å². The van der Waals surface area contributed by atoms with Crippen LogP contribution < -0.4 is 9.75 Å². The number of amides is 1. The van der Waals surface area contributed by atoms with Crippen molar-refractivity contribution in [1.82, 2.24) is 4.98 Å². The number of aliphatic imine (C=N–C) groups is 1. The van der Waals surface area contributed by atoms with Crippen LogP contribution in [-0.4, -0.2) is 36.1 Å². The van der Waals surface area contributed by atoms with Crippen molar-refractivity contribution in [2.45, 2.75) is 12.7 Å². The van der Waals surface area contributed by atoms with E-state index < -0.39 is 23.7 Å². The lowest BCUT2D eigenvalue weighted by Gasteiger charge is -2.09. The highest BCUT2D eigenvalue weighted by Crippen LogP contribution is 2.35. The second-order valence-electron chi connectivity index (χ2n) is 6.41.